The van der Waals surface area contributed by atoms with Crippen molar-refractivity contribution in [1.82, 2.24) is 14.7 Å². The number of hydrogen-bond donors (Lipinski definition) is 0. The van der Waals surface area contributed by atoms with Gasteiger partial charge in [0.05, 0.1) is 22.4 Å². The van der Waals surface area contributed by atoms with Crippen molar-refractivity contribution < 1.29 is 9.59 Å². The Morgan fingerprint density at radius 3 is 2.38 bits per heavy atom. The number of carbonyl (C=O) groups excluding carboxylic acids is 2. The van der Waals surface area contributed by atoms with Gasteiger partial charge in [-0.15, -0.1) is 11.8 Å². The van der Waals surface area contributed by atoms with Crippen molar-refractivity contribution in [3.63, 3.8) is 0 Å². The Hall–Kier alpha value is -3.84. The van der Waals surface area contributed by atoms with Gasteiger partial charge < -0.3 is 4.90 Å². The predicted molar refractivity (Wildman–Crippen MR) is 162 cm³/mol. The molecule has 4 aromatic rings. The lowest BCUT2D eigenvalue weighted by Gasteiger charge is -2.26. The van der Waals surface area contributed by atoms with Crippen LogP contribution in [0.1, 0.15) is 45.9 Å². The molecular formula is C33H34N4O2S. The first-order chi connectivity index (χ1) is 19.4. The van der Waals surface area contributed by atoms with E-state index in [4.69, 9.17) is 5.10 Å². The van der Waals surface area contributed by atoms with Gasteiger partial charge in [0.25, 0.3) is 0 Å². The summed E-state index contributed by atoms with van der Waals surface area (Å²) >= 11 is 1.62. The van der Waals surface area contributed by atoms with Crippen molar-refractivity contribution in [2.24, 2.45) is 0 Å². The van der Waals surface area contributed by atoms with Crippen LogP contribution in [0.3, 0.4) is 0 Å². The molecule has 1 atom stereocenters. The molecule has 6 nitrogen and oxygen atoms in total. The van der Waals surface area contributed by atoms with Crippen LogP contribution in [0.25, 0.3) is 16.9 Å². The van der Waals surface area contributed by atoms with Gasteiger partial charge in [-0.25, -0.2) is 4.68 Å². The molecule has 1 saturated heterocycles. The third-order valence-corrected chi connectivity index (χ3v) is 9.18. The van der Waals surface area contributed by atoms with Gasteiger partial charge in [-0.05, 0) is 56.4 Å². The van der Waals surface area contributed by atoms with Gasteiger partial charge in [0, 0.05) is 24.2 Å². The smallest absolute Gasteiger partial charge is 0.242 e. The van der Waals surface area contributed by atoms with Gasteiger partial charge in [0.15, 0.2) is 0 Å². The summed E-state index contributed by atoms with van der Waals surface area (Å²) in [5, 5.41) is 5.12. The average Bonchev–Trinajstić information content (AvgIpc) is 3.60. The average molecular weight is 551 g/mol. The molecule has 6 rings (SSSR count). The third kappa shape index (κ3) is 4.83. The fraction of sp³-hybridized carbons (Fsp3) is 0.303. The molecule has 204 valence electrons. The first kappa shape index (κ1) is 26.4. The highest BCUT2D eigenvalue weighted by Gasteiger charge is 2.39. The third-order valence-electron chi connectivity index (χ3n) is 7.94. The molecule has 7 heteroatoms. The number of nitrogens with zero attached hydrogens (tertiary/aromatic N) is 4. The van der Waals surface area contributed by atoms with Crippen LogP contribution in [0.2, 0.25) is 0 Å². The predicted octanol–water partition coefficient (Wildman–Crippen LogP) is 6.26. The monoisotopic (exact) mass is 550 g/mol. The fourth-order valence-electron chi connectivity index (χ4n) is 5.87. The number of carbonyl (C=O) groups is 2. The molecule has 1 aromatic heterocycles. The Balaban J connectivity index is 1.63. The molecule has 0 saturated carbocycles. The topological polar surface area (TPSA) is 58.4 Å². The van der Waals surface area contributed by atoms with E-state index in [1.807, 2.05) is 33.8 Å². The molecule has 0 aliphatic carbocycles. The Labute approximate surface area is 240 Å². The minimum Gasteiger partial charge on any atom is -0.341 e. The van der Waals surface area contributed by atoms with Crippen LogP contribution in [-0.4, -0.2) is 51.9 Å². The van der Waals surface area contributed by atoms with Gasteiger partial charge in [-0.1, -0.05) is 72.3 Å². The largest absolute Gasteiger partial charge is 0.341 e. The summed E-state index contributed by atoms with van der Waals surface area (Å²) in [5.74, 6) is 0.898. The number of amides is 2. The van der Waals surface area contributed by atoms with Gasteiger partial charge in [-0.2, -0.15) is 5.10 Å². The van der Waals surface area contributed by atoms with Crippen molar-refractivity contribution in [1.29, 1.82) is 0 Å². The van der Waals surface area contributed by atoms with Gasteiger partial charge in [0.2, 0.25) is 11.8 Å². The molecule has 0 radical (unpaired) electrons. The summed E-state index contributed by atoms with van der Waals surface area (Å²) < 4.78 is 1.92. The highest BCUT2D eigenvalue weighted by Crippen LogP contribution is 2.49. The Morgan fingerprint density at radius 2 is 1.65 bits per heavy atom. The summed E-state index contributed by atoms with van der Waals surface area (Å²) in [6.07, 6.45) is 2.02. The first-order valence-electron chi connectivity index (χ1n) is 13.9. The summed E-state index contributed by atoms with van der Waals surface area (Å²) in [6, 6.07) is 24.8. The van der Waals surface area contributed by atoms with Gasteiger partial charge in [-0.3, -0.25) is 14.5 Å². The molecule has 3 heterocycles. The second-order valence-electron chi connectivity index (χ2n) is 10.8. The minimum atomic E-state index is -0.123. The number of benzene rings is 3. The lowest BCUT2D eigenvalue weighted by atomic mass is 9.96. The first-order valence-corrected chi connectivity index (χ1v) is 15.0. The van der Waals surface area contributed by atoms with E-state index in [1.54, 1.807) is 16.7 Å². The van der Waals surface area contributed by atoms with E-state index >= 15 is 0 Å². The minimum absolute atomic E-state index is 0.00854. The van der Waals surface area contributed by atoms with Crippen LogP contribution >= 0.6 is 11.8 Å². The van der Waals surface area contributed by atoms with E-state index in [9.17, 15) is 9.59 Å². The highest BCUT2D eigenvalue weighted by atomic mass is 32.2. The summed E-state index contributed by atoms with van der Waals surface area (Å²) in [7, 11) is 0. The number of rotatable bonds is 5. The molecule has 0 spiro atoms. The summed E-state index contributed by atoms with van der Waals surface area (Å²) in [4.78, 5) is 31.1. The number of anilines is 1. The zero-order chi connectivity index (χ0) is 27.8. The van der Waals surface area contributed by atoms with Crippen LogP contribution in [0, 0.1) is 20.8 Å². The van der Waals surface area contributed by atoms with Crippen LogP contribution in [0.5, 0.6) is 0 Å². The fourth-order valence-corrected chi connectivity index (χ4v) is 7.16. The molecule has 0 bridgehead atoms. The van der Waals surface area contributed by atoms with Crippen LogP contribution in [0.15, 0.2) is 72.8 Å². The quantitative estimate of drug-likeness (QED) is 0.295. The van der Waals surface area contributed by atoms with E-state index in [-0.39, 0.29) is 29.4 Å². The van der Waals surface area contributed by atoms with Gasteiger partial charge in [0.1, 0.15) is 12.4 Å². The molecule has 0 N–H and O–H groups in total. The SMILES string of the molecule is Cc1ccc(-n2nc(-c3ccccc3)c3c2N(CC(=O)N2CCCC2)C(=O)CS[C@@H]3c2ccccc2C)c(C)c1. The van der Waals surface area contributed by atoms with Crippen molar-refractivity contribution in [3.8, 4) is 16.9 Å². The van der Waals surface area contributed by atoms with Crippen molar-refractivity contribution in [3.05, 3.63) is 101 Å². The second kappa shape index (κ2) is 11.0. The number of aryl methyl sites for hydroxylation is 3. The zero-order valence-electron chi connectivity index (χ0n) is 23.3. The second-order valence-corrected chi connectivity index (χ2v) is 11.9. The number of fused-ring (bicyclic) bond motifs is 1. The summed E-state index contributed by atoms with van der Waals surface area (Å²) in [5.41, 5.74) is 8.26. The van der Waals surface area contributed by atoms with Crippen molar-refractivity contribution in [2.75, 3.05) is 30.3 Å². The highest BCUT2D eigenvalue weighted by molar-refractivity contribution is 8.00. The Kier molecular flexibility index (Phi) is 7.24. The maximum Gasteiger partial charge on any atom is 0.242 e. The molecule has 1 fully saturated rings. The number of likely N-dealkylation sites (tertiary alicyclic amines) is 1. The van der Waals surface area contributed by atoms with E-state index in [2.05, 4.69) is 69.3 Å². The van der Waals surface area contributed by atoms with Crippen molar-refractivity contribution in [2.45, 2.75) is 38.9 Å². The van der Waals surface area contributed by atoms with E-state index in [0.717, 1.165) is 65.1 Å². The van der Waals surface area contributed by atoms with Crippen LogP contribution in [0.4, 0.5) is 5.82 Å². The molecule has 0 unspecified atom stereocenters. The molecule has 2 aliphatic heterocycles. The standard InChI is InChI=1S/C33H34N4O2S/c1-22-15-16-27(24(3)19-22)37-33-30(31(34-37)25-12-5-4-6-13-25)32(26-14-8-7-11-23(26)2)40-21-29(39)36(33)20-28(38)35-17-9-10-18-35/h4-8,11-16,19,32H,9-10,17-18,20-21H2,1-3H3/t32-/m1/s1. The molecular weight excluding hydrogens is 516 g/mol. The van der Waals surface area contributed by atoms with E-state index in [0.29, 0.717) is 5.82 Å². The van der Waals surface area contributed by atoms with Gasteiger partial charge >= 0.3 is 0 Å². The number of thioether (sulfide) groups is 1. The molecule has 40 heavy (non-hydrogen) atoms. The Bertz CT molecular complexity index is 1570. The number of hydrogen-bond acceptors (Lipinski definition) is 4. The molecule has 2 aliphatic rings. The van der Waals surface area contributed by atoms with Crippen molar-refractivity contribution >= 4 is 29.4 Å². The maximum absolute atomic E-state index is 14.0. The van der Waals surface area contributed by atoms with E-state index < -0.39 is 0 Å². The van der Waals surface area contributed by atoms with Crippen LogP contribution in [-0.2, 0) is 9.59 Å². The molecule has 2 amide bonds. The lowest BCUT2D eigenvalue weighted by molar-refractivity contribution is -0.130. The number of aromatic nitrogens is 2. The summed E-state index contributed by atoms with van der Waals surface area (Å²) in [6.45, 7) is 7.78. The lowest BCUT2D eigenvalue weighted by Crippen LogP contribution is -2.43. The normalized spacial score (nSPS) is 17.2. The molecule has 3 aromatic carbocycles. The maximum atomic E-state index is 14.0. The van der Waals surface area contributed by atoms with Crippen LogP contribution < -0.4 is 4.90 Å². The Morgan fingerprint density at radius 1 is 0.925 bits per heavy atom. The van der Waals surface area contributed by atoms with E-state index in [1.165, 1.54) is 5.56 Å². The zero-order valence-corrected chi connectivity index (χ0v) is 24.1.